The molecule has 1 aliphatic rings. The molecule has 0 N–H and O–H groups in total. The van der Waals surface area contributed by atoms with Gasteiger partial charge >= 0.3 is 41.5 Å². The van der Waals surface area contributed by atoms with Crippen LogP contribution in [0.5, 0.6) is 0 Å². The Morgan fingerprint density at radius 1 is 1.23 bits per heavy atom. The predicted octanol–water partition coefficient (Wildman–Crippen LogP) is 0.513. The molecule has 13 heavy (non-hydrogen) atoms. The Balaban J connectivity index is 0.000000223. The monoisotopic (exact) mass is 215 g/mol. The van der Waals surface area contributed by atoms with Crippen LogP contribution in [0.15, 0.2) is 23.8 Å². The molecule has 0 fully saturated rings. The molecular weight excluding hydrogens is 208 g/mol. The third-order valence-electron chi connectivity index (χ3n) is 1.10. The van der Waals surface area contributed by atoms with Gasteiger partial charge in [0, 0.05) is 0 Å². The van der Waals surface area contributed by atoms with Gasteiger partial charge in [0.25, 0.3) is 0 Å². The minimum Gasteiger partial charge on any atom is -0.241 e. The van der Waals surface area contributed by atoms with E-state index in [2.05, 4.69) is 13.0 Å². The van der Waals surface area contributed by atoms with E-state index in [0.29, 0.717) is 0 Å². The Bertz CT molecular complexity index is 390. The molecule has 0 aliphatic heterocycles. The zero-order valence-electron chi connectivity index (χ0n) is 6.78. The molecule has 0 radical (unpaired) electrons. The molecule has 0 aromatic heterocycles. The fourth-order valence-corrected chi connectivity index (χ4v) is 0.702. The van der Waals surface area contributed by atoms with Crippen molar-refractivity contribution in [2.75, 3.05) is 0 Å². The van der Waals surface area contributed by atoms with E-state index in [-0.39, 0.29) is 0 Å². The molecule has 0 saturated carbocycles. The summed E-state index contributed by atoms with van der Waals surface area (Å²) in [5, 5.41) is 0. The summed E-state index contributed by atoms with van der Waals surface area (Å²) in [4.78, 5) is 28.1. The summed E-state index contributed by atoms with van der Waals surface area (Å²) in [5.41, 5.74) is 1.22. The number of hydrogen-bond acceptors (Lipinski definition) is 3. The average molecular weight is 215 g/mol. The quantitative estimate of drug-likeness (QED) is 0.553. The van der Waals surface area contributed by atoms with Crippen LogP contribution in [0.2, 0.25) is 0 Å². The molecule has 0 aromatic rings. The van der Waals surface area contributed by atoms with E-state index in [9.17, 15) is 14.4 Å². The van der Waals surface area contributed by atoms with Crippen molar-refractivity contribution in [1.82, 2.24) is 0 Å². The third-order valence-corrected chi connectivity index (χ3v) is 1.88. The molecule has 0 aromatic carbocycles. The van der Waals surface area contributed by atoms with Gasteiger partial charge in [0.2, 0.25) is 0 Å². The van der Waals surface area contributed by atoms with E-state index in [1.54, 1.807) is 0 Å². The van der Waals surface area contributed by atoms with Crippen molar-refractivity contribution in [1.29, 1.82) is 0 Å². The number of hydrogen-bond donors (Lipinski definition) is 0. The standard InChI is InChI=1S/C6H7.3CO.Cr/c1-6-4-2-3-5-6;3*1-2;/h2-4H,1,5H2;;;;/q-1;;;;. The van der Waals surface area contributed by atoms with Gasteiger partial charge in [0.05, 0.1) is 0 Å². The van der Waals surface area contributed by atoms with E-state index in [0.717, 1.165) is 6.42 Å². The first-order valence-electron chi connectivity index (χ1n) is 3.30. The van der Waals surface area contributed by atoms with Crippen molar-refractivity contribution in [3.63, 3.8) is 0 Å². The SMILES string of the molecule is O=[C]=[Cr](=[C]=O)=[C]=O.[CH2-]C1=CC=CC1. The van der Waals surface area contributed by atoms with Crippen LogP contribution in [-0.2, 0) is 27.2 Å². The van der Waals surface area contributed by atoms with Gasteiger partial charge < -0.3 is 0 Å². The minimum absolute atomic E-state index is 1.06. The fraction of sp³-hybridized carbons (Fsp3) is 0.111. The summed E-state index contributed by atoms with van der Waals surface area (Å²) < 4.78 is 3.69. The number of rotatable bonds is 0. The molecule has 1 rings (SSSR count). The van der Waals surface area contributed by atoms with Crippen LogP contribution in [-0.4, -0.2) is 14.2 Å². The molecule has 0 heterocycles. The molecular formula is C9H7CrO3-. The molecule has 0 atom stereocenters. The molecule has 1 aliphatic carbocycles. The van der Waals surface area contributed by atoms with Gasteiger partial charge in [-0.3, -0.25) is 0 Å². The third kappa shape index (κ3) is 5.85. The Morgan fingerprint density at radius 3 is 1.85 bits per heavy atom. The van der Waals surface area contributed by atoms with Gasteiger partial charge in [-0.05, 0) is 6.42 Å². The van der Waals surface area contributed by atoms with Crippen LogP contribution in [0.4, 0.5) is 0 Å². The van der Waals surface area contributed by atoms with Crippen molar-refractivity contribution in [2.24, 2.45) is 0 Å². The Kier molecular flexibility index (Phi) is 6.51. The van der Waals surface area contributed by atoms with E-state index >= 15 is 0 Å². The van der Waals surface area contributed by atoms with Gasteiger partial charge in [-0.15, -0.1) is 12.2 Å². The summed E-state index contributed by atoms with van der Waals surface area (Å²) in [6, 6.07) is 0. The van der Waals surface area contributed by atoms with E-state index < -0.39 is 12.8 Å². The Labute approximate surface area is 79.0 Å². The van der Waals surface area contributed by atoms with Crippen LogP contribution in [0.25, 0.3) is 0 Å². The van der Waals surface area contributed by atoms with Crippen LogP contribution in [0.3, 0.4) is 0 Å². The smallest absolute Gasteiger partial charge is 0.0440 e. The second-order valence-corrected chi connectivity index (χ2v) is 3.75. The van der Waals surface area contributed by atoms with E-state index in [1.807, 2.05) is 12.2 Å². The second-order valence-electron chi connectivity index (χ2n) is 2.01. The topological polar surface area (TPSA) is 51.2 Å². The first kappa shape index (κ1) is 11.6. The average Bonchev–Trinajstić information content (AvgIpc) is 2.60. The zero-order valence-corrected chi connectivity index (χ0v) is 8.05. The fourth-order valence-electron chi connectivity index (χ4n) is 0.543. The van der Waals surface area contributed by atoms with Crippen molar-refractivity contribution >= 4 is 14.2 Å². The maximum absolute atomic E-state index is 9.37. The van der Waals surface area contributed by atoms with Crippen LogP contribution >= 0.6 is 0 Å². The van der Waals surface area contributed by atoms with E-state index in [1.165, 1.54) is 19.8 Å². The molecule has 0 amide bonds. The second kappa shape index (κ2) is 7.28. The van der Waals surface area contributed by atoms with Gasteiger partial charge in [0.15, 0.2) is 0 Å². The summed E-state index contributed by atoms with van der Waals surface area (Å²) in [7, 11) is 0. The largest absolute Gasteiger partial charge is 0.241 e. The summed E-state index contributed by atoms with van der Waals surface area (Å²) >= 11 is -2.47. The summed E-state index contributed by atoms with van der Waals surface area (Å²) in [6.07, 6.45) is 7.21. The van der Waals surface area contributed by atoms with Gasteiger partial charge in [-0.1, -0.05) is 0 Å². The van der Waals surface area contributed by atoms with Gasteiger partial charge in [-0.25, -0.2) is 18.6 Å². The molecule has 0 spiro atoms. The molecule has 3 nitrogen and oxygen atoms in total. The van der Waals surface area contributed by atoms with Crippen molar-refractivity contribution < 1.29 is 27.2 Å². The Hall–Kier alpha value is -1.38. The van der Waals surface area contributed by atoms with Crippen LogP contribution in [0.1, 0.15) is 6.42 Å². The number of allylic oxidation sites excluding steroid dienone is 4. The summed E-state index contributed by atoms with van der Waals surface area (Å²) in [5.74, 6) is 0. The van der Waals surface area contributed by atoms with Crippen molar-refractivity contribution in [3.05, 3.63) is 30.7 Å². The van der Waals surface area contributed by atoms with Gasteiger partial charge in [-0.2, -0.15) is 0 Å². The molecule has 0 unspecified atom stereocenters. The first-order chi connectivity index (χ1) is 6.24. The Morgan fingerprint density at radius 2 is 1.77 bits per heavy atom. The number of carbonyl (C=O) groups excluding carboxylic acids is 3. The summed E-state index contributed by atoms with van der Waals surface area (Å²) in [6.45, 7) is 3.74. The van der Waals surface area contributed by atoms with Crippen molar-refractivity contribution in [2.45, 2.75) is 6.42 Å². The van der Waals surface area contributed by atoms with Crippen LogP contribution in [0, 0.1) is 6.92 Å². The molecule has 4 heteroatoms. The maximum Gasteiger partial charge on any atom is -0.0440 e. The molecule has 0 bridgehead atoms. The molecule has 0 saturated heterocycles. The minimum atomic E-state index is -2.47. The zero-order chi connectivity index (χ0) is 10.1. The maximum atomic E-state index is 9.37. The normalized spacial score (nSPS) is 11.2. The van der Waals surface area contributed by atoms with Crippen molar-refractivity contribution in [3.8, 4) is 0 Å². The van der Waals surface area contributed by atoms with E-state index in [4.69, 9.17) is 0 Å². The van der Waals surface area contributed by atoms with Gasteiger partial charge in [0.1, 0.15) is 0 Å². The van der Waals surface area contributed by atoms with Crippen LogP contribution < -0.4 is 0 Å². The first-order valence-corrected chi connectivity index (χ1v) is 5.21. The predicted molar refractivity (Wildman–Crippen MR) is 44.3 cm³/mol. The molecule has 68 valence electrons.